The van der Waals surface area contributed by atoms with E-state index in [4.69, 9.17) is 0 Å². The first kappa shape index (κ1) is 8.25. The molecule has 2 nitrogen and oxygen atoms in total. The molecule has 2 heterocycles. The smallest absolute Gasteiger partial charge is 0.0662 e. The van der Waals surface area contributed by atoms with Gasteiger partial charge in [-0.25, -0.2) is 0 Å². The maximum atomic E-state index is 9.76. The summed E-state index contributed by atoms with van der Waals surface area (Å²) in [5.41, 5.74) is -0.234. The lowest BCUT2D eigenvalue weighted by Crippen LogP contribution is -2.31. The summed E-state index contributed by atoms with van der Waals surface area (Å²) < 4.78 is 0. The molecule has 2 saturated heterocycles. The van der Waals surface area contributed by atoms with Gasteiger partial charge in [-0.15, -0.1) is 0 Å². The standard InChI is InChI=1S/C11H19NO/c13-11(5-6-11)7-8-12-9-1-2-10(12)4-3-9/h9-10,13H,1-8H2. The maximum absolute atomic E-state index is 9.76. The van der Waals surface area contributed by atoms with Crippen LogP contribution in [0, 0.1) is 0 Å². The van der Waals surface area contributed by atoms with E-state index in [0.29, 0.717) is 0 Å². The van der Waals surface area contributed by atoms with E-state index in [1.165, 1.54) is 25.7 Å². The second-order valence-corrected chi connectivity index (χ2v) is 5.17. The van der Waals surface area contributed by atoms with Gasteiger partial charge in [0.1, 0.15) is 0 Å². The molecule has 13 heavy (non-hydrogen) atoms. The van der Waals surface area contributed by atoms with Crippen LogP contribution in [0.25, 0.3) is 0 Å². The van der Waals surface area contributed by atoms with Crippen molar-refractivity contribution in [2.24, 2.45) is 0 Å². The van der Waals surface area contributed by atoms with Gasteiger partial charge in [-0.05, 0) is 44.9 Å². The van der Waals surface area contributed by atoms with Crippen LogP contribution in [0.1, 0.15) is 44.9 Å². The van der Waals surface area contributed by atoms with Gasteiger partial charge in [0.2, 0.25) is 0 Å². The minimum atomic E-state index is -0.234. The molecule has 0 aromatic rings. The predicted octanol–water partition coefficient (Wildman–Crippen LogP) is 1.53. The van der Waals surface area contributed by atoms with E-state index < -0.39 is 0 Å². The summed E-state index contributed by atoms with van der Waals surface area (Å²) in [5, 5.41) is 9.76. The van der Waals surface area contributed by atoms with Crippen LogP contribution in [0.15, 0.2) is 0 Å². The van der Waals surface area contributed by atoms with Crippen LogP contribution < -0.4 is 0 Å². The summed E-state index contributed by atoms with van der Waals surface area (Å²) in [7, 11) is 0. The van der Waals surface area contributed by atoms with E-state index in [0.717, 1.165) is 37.9 Å². The van der Waals surface area contributed by atoms with E-state index in [1.54, 1.807) is 0 Å². The number of aliphatic hydroxyl groups is 1. The molecule has 0 radical (unpaired) electrons. The van der Waals surface area contributed by atoms with Crippen molar-refractivity contribution in [2.75, 3.05) is 6.54 Å². The highest BCUT2D eigenvalue weighted by atomic mass is 16.3. The van der Waals surface area contributed by atoms with Crippen molar-refractivity contribution in [2.45, 2.75) is 62.6 Å². The zero-order chi connectivity index (χ0) is 8.89. The minimum Gasteiger partial charge on any atom is -0.390 e. The van der Waals surface area contributed by atoms with E-state index in [1.807, 2.05) is 0 Å². The quantitative estimate of drug-likeness (QED) is 0.713. The Balaban J connectivity index is 1.55. The molecule has 1 aliphatic carbocycles. The monoisotopic (exact) mass is 181 g/mol. The fraction of sp³-hybridized carbons (Fsp3) is 1.00. The maximum Gasteiger partial charge on any atom is 0.0662 e. The Bertz CT molecular complexity index is 192. The third kappa shape index (κ3) is 1.40. The first-order valence-electron chi connectivity index (χ1n) is 5.75. The lowest BCUT2D eigenvalue weighted by atomic mass is 10.0. The molecular formula is C11H19NO. The number of hydrogen-bond acceptors (Lipinski definition) is 2. The average molecular weight is 181 g/mol. The highest BCUT2D eigenvalue weighted by molar-refractivity contribution is 4.98. The van der Waals surface area contributed by atoms with Crippen LogP contribution in [-0.2, 0) is 0 Å². The van der Waals surface area contributed by atoms with Crippen molar-refractivity contribution < 1.29 is 5.11 Å². The number of fused-ring (bicyclic) bond motifs is 2. The Morgan fingerprint density at radius 3 is 2.08 bits per heavy atom. The summed E-state index contributed by atoms with van der Waals surface area (Å²) in [5.74, 6) is 0. The van der Waals surface area contributed by atoms with Gasteiger partial charge in [0.15, 0.2) is 0 Å². The van der Waals surface area contributed by atoms with Crippen molar-refractivity contribution in [3.05, 3.63) is 0 Å². The molecule has 2 bridgehead atoms. The van der Waals surface area contributed by atoms with E-state index in [9.17, 15) is 5.11 Å². The molecule has 1 saturated carbocycles. The molecule has 3 fully saturated rings. The van der Waals surface area contributed by atoms with Crippen LogP contribution in [0.2, 0.25) is 0 Å². The second-order valence-electron chi connectivity index (χ2n) is 5.17. The largest absolute Gasteiger partial charge is 0.390 e. The lowest BCUT2D eigenvalue weighted by molar-refractivity contribution is 0.115. The number of rotatable bonds is 3. The molecule has 3 rings (SSSR count). The highest BCUT2D eigenvalue weighted by Crippen LogP contribution is 2.42. The van der Waals surface area contributed by atoms with Gasteiger partial charge in [0.05, 0.1) is 5.60 Å². The molecule has 0 amide bonds. The summed E-state index contributed by atoms with van der Waals surface area (Å²) >= 11 is 0. The summed E-state index contributed by atoms with van der Waals surface area (Å²) in [6.45, 7) is 1.16. The minimum absolute atomic E-state index is 0.234. The third-order valence-electron chi connectivity index (χ3n) is 4.27. The molecule has 0 spiro atoms. The summed E-state index contributed by atoms with van der Waals surface area (Å²) in [6, 6.07) is 1.76. The molecule has 0 atom stereocenters. The normalized spacial score (nSPS) is 41.3. The molecule has 0 aromatic carbocycles. The molecule has 74 valence electrons. The van der Waals surface area contributed by atoms with Crippen molar-refractivity contribution >= 4 is 0 Å². The van der Waals surface area contributed by atoms with Crippen molar-refractivity contribution in [3.63, 3.8) is 0 Å². The van der Waals surface area contributed by atoms with Gasteiger partial charge in [-0.3, -0.25) is 4.90 Å². The van der Waals surface area contributed by atoms with Crippen LogP contribution in [0.3, 0.4) is 0 Å². The van der Waals surface area contributed by atoms with Crippen LogP contribution in [-0.4, -0.2) is 34.2 Å². The number of nitrogens with zero attached hydrogens (tertiary/aromatic N) is 1. The topological polar surface area (TPSA) is 23.5 Å². The van der Waals surface area contributed by atoms with Gasteiger partial charge in [0.25, 0.3) is 0 Å². The van der Waals surface area contributed by atoms with E-state index in [-0.39, 0.29) is 5.60 Å². The molecule has 3 aliphatic rings. The Morgan fingerprint density at radius 1 is 1.08 bits per heavy atom. The van der Waals surface area contributed by atoms with E-state index >= 15 is 0 Å². The van der Waals surface area contributed by atoms with Crippen molar-refractivity contribution in [1.29, 1.82) is 0 Å². The summed E-state index contributed by atoms with van der Waals surface area (Å²) in [4.78, 5) is 2.66. The Hall–Kier alpha value is -0.0800. The molecule has 0 unspecified atom stereocenters. The Kier molecular flexibility index (Phi) is 1.72. The lowest BCUT2D eigenvalue weighted by Gasteiger charge is -2.22. The van der Waals surface area contributed by atoms with Gasteiger partial charge in [-0.2, -0.15) is 0 Å². The van der Waals surface area contributed by atoms with Gasteiger partial charge in [-0.1, -0.05) is 0 Å². The van der Waals surface area contributed by atoms with Crippen LogP contribution >= 0.6 is 0 Å². The second kappa shape index (κ2) is 2.71. The Morgan fingerprint density at radius 2 is 1.62 bits per heavy atom. The first-order valence-corrected chi connectivity index (χ1v) is 5.75. The fourth-order valence-electron chi connectivity index (χ4n) is 3.12. The van der Waals surface area contributed by atoms with Crippen molar-refractivity contribution in [1.82, 2.24) is 4.90 Å². The van der Waals surface area contributed by atoms with Crippen molar-refractivity contribution in [3.8, 4) is 0 Å². The van der Waals surface area contributed by atoms with Gasteiger partial charge < -0.3 is 5.11 Å². The molecular weight excluding hydrogens is 162 g/mol. The Labute approximate surface area is 79.9 Å². The first-order chi connectivity index (χ1) is 6.27. The van der Waals surface area contributed by atoms with Gasteiger partial charge >= 0.3 is 0 Å². The van der Waals surface area contributed by atoms with Crippen LogP contribution in [0.4, 0.5) is 0 Å². The zero-order valence-corrected chi connectivity index (χ0v) is 8.21. The predicted molar refractivity (Wildman–Crippen MR) is 51.6 cm³/mol. The van der Waals surface area contributed by atoms with E-state index in [2.05, 4.69) is 4.90 Å². The SMILES string of the molecule is OC1(CCN2C3CCC2CC3)CC1. The van der Waals surface area contributed by atoms with Gasteiger partial charge in [0, 0.05) is 18.6 Å². The zero-order valence-electron chi connectivity index (χ0n) is 8.21. The molecule has 2 aliphatic heterocycles. The summed E-state index contributed by atoms with van der Waals surface area (Å²) in [6.07, 6.45) is 8.81. The fourth-order valence-corrected chi connectivity index (χ4v) is 3.12. The highest BCUT2D eigenvalue weighted by Gasteiger charge is 2.43. The number of hydrogen-bond donors (Lipinski definition) is 1. The molecule has 2 heteroatoms. The average Bonchev–Trinajstić information content (AvgIpc) is 2.62. The third-order valence-corrected chi connectivity index (χ3v) is 4.27. The van der Waals surface area contributed by atoms with Crippen LogP contribution in [0.5, 0.6) is 0 Å². The molecule has 0 aromatic heterocycles. The molecule has 1 N–H and O–H groups in total.